The SMILES string of the molecule is [Pt].[c-]1c(Oc2[c-]c3c(cc2)c2ccccc2n3-c2nc3ccccc3n2-c2ccccc2)cccc1N1[CH-]N(c2c(-c3ccccc3)cccc2-c2ccccc2)c2ccccc21. The summed E-state index contributed by atoms with van der Waals surface area (Å²) in [6.07, 6.45) is 0. The van der Waals surface area contributed by atoms with Crippen molar-refractivity contribution in [2.75, 3.05) is 9.80 Å². The molecule has 6 nitrogen and oxygen atoms in total. The molecule has 0 bridgehead atoms. The first kappa shape index (κ1) is 38.3. The van der Waals surface area contributed by atoms with Crippen LogP contribution in [0.1, 0.15) is 0 Å². The molecule has 1 aliphatic heterocycles. The molecule has 0 radical (unpaired) electrons. The van der Waals surface area contributed by atoms with Crippen molar-refractivity contribution in [3.63, 3.8) is 0 Å². The van der Waals surface area contributed by atoms with Crippen LogP contribution in [0.3, 0.4) is 0 Å². The fraction of sp³-hybridized carbons (Fsp3) is 0. The zero-order chi connectivity index (χ0) is 41.0. The normalized spacial score (nSPS) is 12.2. The number of anilines is 4. The summed E-state index contributed by atoms with van der Waals surface area (Å²) in [5, 5.41) is 2.17. The molecule has 0 fully saturated rings. The van der Waals surface area contributed by atoms with Gasteiger partial charge in [0.2, 0.25) is 5.95 Å². The van der Waals surface area contributed by atoms with Crippen molar-refractivity contribution in [1.29, 1.82) is 0 Å². The topological polar surface area (TPSA) is 38.5 Å². The Balaban J connectivity index is 0.00000444. The van der Waals surface area contributed by atoms with E-state index in [-0.39, 0.29) is 21.1 Å². The number of aromatic nitrogens is 3. The van der Waals surface area contributed by atoms with Crippen LogP contribution in [0.15, 0.2) is 212 Å². The van der Waals surface area contributed by atoms with Gasteiger partial charge in [-0.15, -0.1) is 48.1 Å². The molecule has 9 aromatic carbocycles. The fourth-order valence-corrected chi connectivity index (χ4v) is 8.88. The number of nitrogens with zero attached hydrogens (tertiary/aromatic N) is 5. The molecule has 0 aliphatic carbocycles. The van der Waals surface area contributed by atoms with Gasteiger partial charge in [0.15, 0.2) is 0 Å². The van der Waals surface area contributed by atoms with E-state index in [2.05, 4.69) is 220 Å². The van der Waals surface area contributed by atoms with E-state index in [9.17, 15) is 0 Å². The van der Waals surface area contributed by atoms with E-state index < -0.39 is 0 Å². The van der Waals surface area contributed by atoms with E-state index in [0.29, 0.717) is 11.5 Å². The van der Waals surface area contributed by atoms with Crippen LogP contribution < -0.4 is 14.5 Å². The largest absolute Gasteiger partial charge is 0.509 e. The first-order valence-corrected chi connectivity index (χ1v) is 20.7. The van der Waals surface area contributed by atoms with Gasteiger partial charge >= 0.3 is 0 Å². The van der Waals surface area contributed by atoms with Crippen molar-refractivity contribution in [2.45, 2.75) is 0 Å². The molecule has 0 saturated carbocycles. The van der Waals surface area contributed by atoms with Crippen LogP contribution >= 0.6 is 0 Å². The van der Waals surface area contributed by atoms with Gasteiger partial charge in [-0.25, -0.2) is 4.98 Å². The van der Waals surface area contributed by atoms with Gasteiger partial charge in [-0.1, -0.05) is 145 Å². The fourth-order valence-electron chi connectivity index (χ4n) is 8.88. The molecule has 0 unspecified atom stereocenters. The maximum absolute atomic E-state index is 6.69. The first-order chi connectivity index (χ1) is 30.8. The molecule has 0 N–H and O–H groups in total. The molecule has 0 amide bonds. The Bertz CT molecular complexity index is 3380. The Morgan fingerprint density at radius 1 is 0.444 bits per heavy atom. The number of rotatable bonds is 8. The number of benzene rings is 9. The summed E-state index contributed by atoms with van der Waals surface area (Å²) in [5.41, 5.74) is 13.5. The maximum atomic E-state index is 6.69. The molecule has 304 valence electrons. The minimum Gasteiger partial charge on any atom is -0.509 e. The Morgan fingerprint density at radius 2 is 1.03 bits per heavy atom. The first-order valence-electron chi connectivity index (χ1n) is 20.7. The second kappa shape index (κ2) is 16.0. The molecular formula is C56H36N5OPt-3. The summed E-state index contributed by atoms with van der Waals surface area (Å²) in [7, 11) is 0. The van der Waals surface area contributed by atoms with Crippen LogP contribution in [-0.2, 0) is 21.1 Å². The van der Waals surface area contributed by atoms with E-state index in [1.54, 1.807) is 0 Å². The summed E-state index contributed by atoms with van der Waals surface area (Å²) in [6.45, 7) is 2.17. The van der Waals surface area contributed by atoms with Gasteiger partial charge in [0.1, 0.15) is 0 Å². The summed E-state index contributed by atoms with van der Waals surface area (Å²) in [4.78, 5) is 9.74. The zero-order valence-corrected chi connectivity index (χ0v) is 36.0. The quantitative estimate of drug-likeness (QED) is 0.142. The second-order valence-corrected chi connectivity index (χ2v) is 15.3. The summed E-state index contributed by atoms with van der Waals surface area (Å²) in [5.74, 6) is 1.94. The van der Waals surface area contributed by atoms with Gasteiger partial charge in [-0.2, -0.15) is 12.1 Å². The number of ether oxygens (including phenoxy) is 1. The molecule has 0 atom stereocenters. The van der Waals surface area contributed by atoms with Crippen molar-refractivity contribution in [3.8, 4) is 45.4 Å². The maximum Gasteiger partial charge on any atom is 0.218 e. The number of imidazole rings is 1. The smallest absolute Gasteiger partial charge is 0.218 e. The van der Waals surface area contributed by atoms with Gasteiger partial charge in [-0.3, -0.25) is 4.57 Å². The van der Waals surface area contributed by atoms with Gasteiger partial charge < -0.3 is 19.1 Å². The molecular weight excluding hydrogens is 954 g/mol. The van der Waals surface area contributed by atoms with Crippen molar-refractivity contribution < 1.29 is 25.8 Å². The molecule has 7 heteroatoms. The molecule has 63 heavy (non-hydrogen) atoms. The summed E-state index contributed by atoms with van der Waals surface area (Å²) in [6, 6.07) is 80.8. The standard InChI is InChI=1S/C56H36N5O.Pt/c1-4-18-39(19-5-1)45-27-17-28-46(40-20-6-2-7-21-40)55(45)59-38-58(52-32-14-15-33-53(52)59)42-24-16-25-43(36-42)62-44-34-35-48-47-26-10-12-30-50(47)61(54(48)37-44)56-57-49-29-11-13-31-51(49)60(56)41-22-8-3-9-23-41;/h1-35,38H;/q-3;. The van der Waals surface area contributed by atoms with Gasteiger partial charge in [0.05, 0.1) is 11.0 Å². The third-order valence-corrected chi connectivity index (χ3v) is 11.6. The molecule has 0 saturated heterocycles. The van der Waals surface area contributed by atoms with Gasteiger partial charge in [0, 0.05) is 72.0 Å². The number of hydrogen-bond acceptors (Lipinski definition) is 4. The second-order valence-electron chi connectivity index (χ2n) is 15.3. The molecule has 12 rings (SSSR count). The average molecular weight is 990 g/mol. The zero-order valence-electron chi connectivity index (χ0n) is 33.7. The Labute approximate surface area is 379 Å². The van der Waals surface area contributed by atoms with Crippen LogP contribution in [0.5, 0.6) is 11.5 Å². The minimum atomic E-state index is 0. The van der Waals surface area contributed by atoms with Gasteiger partial charge in [-0.05, 0) is 59.0 Å². The Kier molecular flexibility index (Phi) is 9.71. The van der Waals surface area contributed by atoms with Crippen molar-refractivity contribution >= 4 is 55.6 Å². The van der Waals surface area contributed by atoms with Crippen LogP contribution in [0, 0.1) is 18.8 Å². The number of hydrogen-bond donors (Lipinski definition) is 0. The predicted octanol–water partition coefficient (Wildman–Crippen LogP) is 14.3. The van der Waals surface area contributed by atoms with E-state index in [1.807, 2.05) is 30.3 Å². The predicted molar refractivity (Wildman–Crippen MR) is 252 cm³/mol. The summed E-state index contributed by atoms with van der Waals surface area (Å²) >= 11 is 0. The molecule has 3 heterocycles. The molecule has 1 aliphatic rings. The number of fused-ring (bicyclic) bond motifs is 5. The van der Waals surface area contributed by atoms with Gasteiger partial charge in [0.25, 0.3) is 0 Å². The summed E-state index contributed by atoms with van der Waals surface area (Å²) < 4.78 is 11.1. The number of para-hydroxylation sites is 7. The monoisotopic (exact) mass is 989 g/mol. The van der Waals surface area contributed by atoms with E-state index >= 15 is 0 Å². The Hall–Kier alpha value is -7.66. The van der Waals surface area contributed by atoms with Crippen molar-refractivity contribution in [1.82, 2.24) is 14.1 Å². The average Bonchev–Trinajstić information content (AvgIpc) is 4.02. The molecule has 2 aromatic heterocycles. The van der Waals surface area contributed by atoms with Crippen LogP contribution in [0.2, 0.25) is 0 Å². The molecule has 11 aromatic rings. The molecule has 0 spiro atoms. The van der Waals surface area contributed by atoms with E-state index in [1.165, 1.54) is 0 Å². The Morgan fingerprint density at radius 3 is 1.76 bits per heavy atom. The van der Waals surface area contributed by atoms with Crippen LogP contribution in [-0.4, -0.2) is 14.1 Å². The van der Waals surface area contributed by atoms with Crippen molar-refractivity contribution in [2.24, 2.45) is 0 Å². The van der Waals surface area contributed by atoms with E-state index in [0.717, 1.165) is 89.5 Å². The van der Waals surface area contributed by atoms with E-state index in [4.69, 9.17) is 9.72 Å². The third-order valence-electron chi connectivity index (χ3n) is 11.6. The van der Waals surface area contributed by atoms with Crippen LogP contribution in [0.4, 0.5) is 22.7 Å². The third kappa shape index (κ3) is 6.59. The van der Waals surface area contributed by atoms with Crippen LogP contribution in [0.25, 0.3) is 66.7 Å². The minimum absolute atomic E-state index is 0. The van der Waals surface area contributed by atoms with Crippen molar-refractivity contribution in [3.05, 3.63) is 231 Å².